The molecule has 1 saturated heterocycles. The highest BCUT2D eigenvalue weighted by Crippen LogP contribution is 2.16. The summed E-state index contributed by atoms with van der Waals surface area (Å²) in [7, 11) is 1.95. The molecule has 1 aromatic heterocycles. The maximum Gasteiger partial charge on any atom is 0.244 e. The predicted molar refractivity (Wildman–Crippen MR) is 76.1 cm³/mol. The Kier molecular flexibility index (Phi) is 3.64. The molecular weight excluding hydrogens is 254 g/mol. The summed E-state index contributed by atoms with van der Waals surface area (Å²) in [5, 5.41) is 11.3. The van der Waals surface area contributed by atoms with E-state index < -0.39 is 0 Å². The number of para-hydroxylation sites is 1. The Morgan fingerprint density at radius 2 is 2.30 bits per heavy atom. The van der Waals surface area contributed by atoms with Crippen molar-refractivity contribution < 1.29 is 4.79 Å². The van der Waals surface area contributed by atoms with Crippen LogP contribution in [-0.4, -0.2) is 52.5 Å². The first kappa shape index (κ1) is 13.1. The Bertz CT molecular complexity index is 608. The number of hydrogen-bond donors (Lipinski definition) is 1. The van der Waals surface area contributed by atoms with Crippen LogP contribution >= 0.6 is 0 Å². The van der Waals surface area contributed by atoms with Crippen LogP contribution in [0.15, 0.2) is 24.3 Å². The molecule has 0 spiro atoms. The lowest BCUT2D eigenvalue weighted by molar-refractivity contribution is -0.131. The van der Waals surface area contributed by atoms with Crippen molar-refractivity contribution >= 4 is 16.9 Å². The Balaban J connectivity index is 1.67. The summed E-state index contributed by atoms with van der Waals surface area (Å²) in [5.41, 5.74) is 1.74. The second kappa shape index (κ2) is 5.58. The molecule has 0 radical (unpaired) electrons. The third-order valence-corrected chi connectivity index (χ3v) is 3.84. The zero-order chi connectivity index (χ0) is 13.9. The third-order valence-electron chi connectivity index (χ3n) is 3.84. The van der Waals surface area contributed by atoms with Crippen molar-refractivity contribution in [3.8, 4) is 0 Å². The SMILES string of the molecule is CNCC1CCN(C(=O)Cn2nnc3ccccc32)C1. The first-order valence-electron chi connectivity index (χ1n) is 6.98. The predicted octanol–water partition coefficient (Wildman–Crippen LogP) is 0.499. The summed E-state index contributed by atoms with van der Waals surface area (Å²) < 4.78 is 1.68. The molecule has 1 fully saturated rings. The average molecular weight is 273 g/mol. The molecular formula is C14H19N5O. The monoisotopic (exact) mass is 273 g/mol. The lowest BCUT2D eigenvalue weighted by atomic mass is 10.1. The van der Waals surface area contributed by atoms with Crippen molar-refractivity contribution in [3.63, 3.8) is 0 Å². The molecule has 2 aromatic rings. The second-order valence-electron chi connectivity index (χ2n) is 5.29. The summed E-state index contributed by atoms with van der Waals surface area (Å²) in [4.78, 5) is 14.3. The van der Waals surface area contributed by atoms with E-state index in [1.807, 2.05) is 36.2 Å². The highest BCUT2D eigenvalue weighted by atomic mass is 16.2. The number of aromatic nitrogens is 3. The minimum Gasteiger partial charge on any atom is -0.341 e. The molecule has 0 saturated carbocycles. The van der Waals surface area contributed by atoms with Crippen molar-refractivity contribution in [2.75, 3.05) is 26.7 Å². The second-order valence-corrected chi connectivity index (χ2v) is 5.29. The number of nitrogens with zero attached hydrogens (tertiary/aromatic N) is 4. The Morgan fingerprint density at radius 1 is 1.45 bits per heavy atom. The number of hydrogen-bond acceptors (Lipinski definition) is 4. The first-order valence-corrected chi connectivity index (χ1v) is 6.98. The van der Waals surface area contributed by atoms with Crippen LogP contribution < -0.4 is 5.32 Å². The quantitative estimate of drug-likeness (QED) is 0.881. The lowest BCUT2D eigenvalue weighted by Gasteiger charge is -2.16. The van der Waals surface area contributed by atoms with Crippen LogP contribution in [-0.2, 0) is 11.3 Å². The molecule has 1 aliphatic rings. The Morgan fingerprint density at radius 3 is 3.15 bits per heavy atom. The van der Waals surface area contributed by atoms with Crippen molar-refractivity contribution in [1.82, 2.24) is 25.2 Å². The molecule has 1 amide bonds. The van der Waals surface area contributed by atoms with Gasteiger partial charge in [-0.2, -0.15) is 0 Å². The van der Waals surface area contributed by atoms with Gasteiger partial charge >= 0.3 is 0 Å². The van der Waals surface area contributed by atoms with Crippen molar-refractivity contribution in [1.29, 1.82) is 0 Å². The summed E-state index contributed by atoms with van der Waals surface area (Å²) in [6.07, 6.45) is 1.07. The minimum absolute atomic E-state index is 0.124. The zero-order valence-electron chi connectivity index (χ0n) is 11.6. The van der Waals surface area contributed by atoms with Gasteiger partial charge in [-0.3, -0.25) is 4.79 Å². The van der Waals surface area contributed by atoms with Crippen molar-refractivity contribution in [2.24, 2.45) is 5.92 Å². The van der Waals surface area contributed by atoms with Gasteiger partial charge in [0.25, 0.3) is 0 Å². The van der Waals surface area contributed by atoms with Gasteiger partial charge in [0.2, 0.25) is 5.91 Å². The third kappa shape index (κ3) is 2.51. The molecule has 1 atom stereocenters. The molecule has 2 heterocycles. The number of rotatable bonds is 4. The summed E-state index contributed by atoms with van der Waals surface area (Å²) in [6, 6.07) is 7.70. The fourth-order valence-corrected chi connectivity index (χ4v) is 2.78. The number of likely N-dealkylation sites (tertiary alicyclic amines) is 1. The van der Waals surface area contributed by atoms with E-state index in [4.69, 9.17) is 0 Å². The molecule has 6 nitrogen and oxygen atoms in total. The minimum atomic E-state index is 0.124. The van der Waals surface area contributed by atoms with Gasteiger partial charge in [0.1, 0.15) is 12.1 Å². The van der Waals surface area contributed by atoms with E-state index in [2.05, 4.69) is 15.6 Å². The maximum atomic E-state index is 12.3. The normalized spacial score (nSPS) is 18.9. The molecule has 0 bridgehead atoms. The van der Waals surface area contributed by atoms with Crippen LogP contribution in [0, 0.1) is 5.92 Å². The zero-order valence-corrected chi connectivity index (χ0v) is 11.6. The van der Waals surface area contributed by atoms with E-state index in [0.29, 0.717) is 5.92 Å². The molecule has 6 heteroatoms. The van der Waals surface area contributed by atoms with Gasteiger partial charge in [-0.1, -0.05) is 17.3 Å². The number of nitrogens with one attached hydrogen (secondary N) is 1. The van der Waals surface area contributed by atoms with Gasteiger partial charge in [-0.25, -0.2) is 4.68 Å². The number of benzene rings is 1. The highest BCUT2D eigenvalue weighted by molar-refractivity contribution is 5.80. The Labute approximate surface area is 117 Å². The van der Waals surface area contributed by atoms with Crippen LogP contribution in [0.2, 0.25) is 0 Å². The van der Waals surface area contributed by atoms with Gasteiger partial charge in [0.05, 0.1) is 5.52 Å². The topological polar surface area (TPSA) is 63.1 Å². The molecule has 20 heavy (non-hydrogen) atoms. The van der Waals surface area contributed by atoms with Gasteiger partial charge in [-0.05, 0) is 38.1 Å². The fourth-order valence-electron chi connectivity index (χ4n) is 2.78. The van der Waals surface area contributed by atoms with Gasteiger partial charge in [0.15, 0.2) is 0 Å². The molecule has 1 N–H and O–H groups in total. The van der Waals surface area contributed by atoms with Gasteiger partial charge in [-0.15, -0.1) is 5.10 Å². The molecule has 3 rings (SSSR count). The fraction of sp³-hybridized carbons (Fsp3) is 0.500. The molecule has 1 aliphatic heterocycles. The van der Waals surface area contributed by atoms with E-state index in [1.54, 1.807) is 4.68 Å². The van der Waals surface area contributed by atoms with E-state index in [-0.39, 0.29) is 12.5 Å². The molecule has 1 unspecified atom stereocenters. The van der Waals surface area contributed by atoms with Crippen LogP contribution in [0.4, 0.5) is 0 Å². The van der Waals surface area contributed by atoms with Crippen LogP contribution in [0.3, 0.4) is 0 Å². The molecule has 1 aromatic carbocycles. The van der Waals surface area contributed by atoms with E-state index >= 15 is 0 Å². The number of amides is 1. The van der Waals surface area contributed by atoms with Crippen LogP contribution in [0.25, 0.3) is 11.0 Å². The van der Waals surface area contributed by atoms with E-state index in [0.717, 1.165) is 37.1 Å². The lowest BCUT2D eigenvalue weighted by Crippen LogP contribution is -2.33. The average Bonchev–Trinajstić information content (AvgIpc) is 3.07. The van der Waals surface area contributed by atoms with Crippen LogP contribution in [0.1, 0.15) is 6.42 Å². The number of carbonyl (C=O) groups excluding carboxylic acids is 1. The van der Waals surface area contributed by atoms with E-state index in [1.165, 1.54) is 0 Å². The molecule has 0 aliphatic carbocycles. The largest absolute Gasteiger partial charge is 0.341 e. The molecule has 106 valence electrons. The highest BCUT2D eigenvalue weighted by Gasteiger charge is 2.26. The first-order chi connectivity index (χ1) is 9.78. The van der Waals surface area contributed by atoms with Crippen LogP contribution in [0.5, 0.6) is 0 Å². The summed E-state index contributed by atoms with van der Waals surface area (Å²) in [6.45, 7) is 2.92. The van der Waals surface area contributed by atoms with Crippen molar-refractivity contribution in [3.05, 3.63) is 24.3 Å². The number of carbonyl (C=O) groups is 1. The Hall–Kier alpha value is -1.95. The summed E-state index contributed by atoms with van der Waals surface area (Å²) in [5.74, 6) is 0.690. The number of fused-ring (bicyclic) bond motifs is 1. The van der Waals surface area contributed by atoms with Gasteiger partial charge in [0, 0.05) is 13.1 Å². The maximum absolute atomic E-state index is 12.3. The summed E-state index contributed by atoms with van der Waals surface area (Å²) >= 11 is 0. The standard InChI is InChI=1S/C14H19N5O/c1-15-8-11-6-7-18(9-11)14(20)10-19-13-5-3-2-4-12(13)16-17-19/h2-5,11,15H,6-10H2,1H3. The van der Waals surface area contributed by atoms with Gasteiger partial charge < -0.3 is 10.2 Å². The smallest absolute Gasteiger partial charge is 0.244 e. The van der Waals surface area contributed by atoms with Crippen molar-refractivity contribution in [2.45, 2.75) is 13.0 Å². The van der Waals surface area contributed by atoms with E-state index in [9.17, 15) is 4.79 Å².